The molecule has 0 N–H and O–H groups in total. The van der Waals surface area contributed by atoms with Crippen LogP contribution in [-0.2, 0) is 6.42 Å². The first-order valence-electron chi connectivity index (χ1n) is 7.35. The summed E-state index contributed by atoms with van der Waals surface area (Å²) in [5.74, 6) is 0.0509. The molecule has 0 atom stereocenters. The minimum absolute atomic E-state index is 0.0509. The standard InChI is InChI=1S/C19H13ClN2O/c20-18-8-4-7-16-17(18)10-14(19(16)23)9-13-11-21-22(12-13)15-5-2-1-3-6-15/h1-9,11-12H,10H2. The quantitative estimate of drug-likeness (QED) is 0.658. The van der Waals surface area contributed by atoms with E-state index in [1.807, 2.05) is 60.8 Å². The zero-order chi connectivity index (χ0) is 15.8. The minimum Gasteiger partial charge on any atom is -0.289 e. The maximum absolute atomic E-state index is 12.5. The van der Waals surface area contributed by atoms with Crippen molar-refractivity contribution in [3.8, 4) is 5.69 Å². The summed E-state index contributed by atoms with van der Waals surface area (Å²) in [6.07, 6.45) is 6.15. The second kappa shape index (κ2) is 5.52. The van der Waals surface area contributed by atoms with Gasteiger partial charge in [-0.1, -0.05) is 41.9 Å². The van der Waals surface area contributed by atoms with Crippen molar-refractivity contribution >= 4 is 23.5 Å². The van der Waals surface area contributed by atoms with Crippen LogP contribution < -0.4 is 0 Å². The van der Waals surface area contributed by atoms with Gasteiger partial charge in [-0.05, 0) is 29.8 Å². The number of benzene rings is 2. The number of carbonyl (C=O) groups is 1. The summed E-state index contributed by atoms with van der Waals surface area (Å²) in [5.41, 5.74) is 4.27. The topological polar surface area (TPSA) is 34.9 Å². The molecule has 0 unspecified atom stereocenters. The predicted molar refractivity (Wildman–Crippen MR) is 91.0 cm³/mol. The highest BCUT2D eigenvalue weighted by molar-refractivity contribution is 6.33. The van der Waals surface area contributed by atoms with Crippen LogP contribution in [0.4, 0.5) is 0 Å². The first kappa shape index (κ1) is 14.0. The summed E-state index contributed by atoms with van der Waals surface area (Å²) < 4.78 is 1.80. The van der Waals surface area contributed by atoms with Crippen LogP contribution in [0.25, 0.3) is 11.8 Å². The molecule has 0 saturated heterocycles. The van der Waals surface area contributed by atoms with Gasteiger partial charge in [-0.2, -0.15) is 5.10 Å². The molecule has 1 aromatic heterocycles. The van der Waals surface area contributed by atoms with E-state index >= 15 is 0 Å². The molecule has 23 heavy (non-hydrogen) atoms. The molecular formula is C19H13ClN2O. The number of aromatic nitrogens is 2. The molecule has 2 aromatic carbocycles. The van der Waals surface area contributed by atoms with E-state index < -0.39 is 0 Å². The van der Waals surface area contributed by atoms with Crippen LogP contribution in [0.2, 0.25) is 5.02 Å². The second-order valence-corrected chi connectivity index (χ2v) is 5.90. The van der Waals surface area contributed by atoms with Gasteiger partial charge in [0.25, 0.3) is 0 Å². The summed E-state index contributed by atoms with van der Waals surface area (Å²) in [4.78, 5) is 12.5. The Morgan fingerprint density at radius 2 is 1.91 bits per heavy atom. The first-order valence-corrected chi connectivity index (χ1v) is 7.73. The Morgan fingerprint density at radius 1 is 1.09 bits per heavy atom. The van der Waals surface area contributed by atoms with Gasteiger partial charge < -0.3 is 0 Å². The van der Waals surface area contributed by atoms with Crippen LogP contribution in [-0.4, -0.2) is 15.6 Å². The molecule has 1 heterocycles. The summed E-state index contributed by atoms with van der Waals surface area (Å²) in [5, 5.41) is 5.01. The van der Waals surface area contributed by atoms with Crippen LogP contribution in [0.1, 0.15) is 21.5 Å². The maximum atomic E-state index is 12.5. The molecule has 0 fully saturated rings. The van der Waals surface area contributed by atoms with Crippen molar-refractivity contribution in [2.75, 3.05) is 0 Å². The number of para-hydroxylation sites is 1. The van der Waals surface area contributed by atoms with E-state index in [0.717, 1.165) is 22.4 Å². The molecule has 0 amide bonds. The normalized spacial score (nSPS) is 15.2. The Kier molecular flexibility index (Phi) is 3.36. The molecule has 3 nitrogen and oxygen atoms in total. The average Bonchev–Trinajstić information content (AvgIpc) is 3.16. The highest BCUT2D eigenvalue weighted by Crippen LogP contribution is 2.32. The van der Waals surface area contributed by atoms with Crippen molar-refractivity contribution in [1.29, 1.82) is 0 Å². The highest BCUT2D eigenvalue weighted by atomic mass is 35.5. The number of fused-ring (bicyclic) bond motifs is 1. The van der Waals surface area contributed by atoms with E-state index in [9.17, 15) is 4.79 Å². The van der Waals surface area contributed by atoms with Crippen molar-refractivity contribution in [3.05, 3.63) is 88.2 Å². The number of halogens is 1. The highest BCUT2D eigenvalue weighted by Gasteiger charge is 2.26. The Labute approximate surface area is 138 Å². The van der Waals surface area contributed by atoms with Gasteiger partial charge in [0.1, 0.15) is 0 Å². The number of hydrogen-bond donors (Lipinski definition) is 0. The first-order chi connectivity index (χ1) is 11.2. The minimum atomic E-state index is 0.0509. The van der Waals surface area contributed by atoms with Crippen LogP contribution in [0.3, 0.4) is 0 Å². The fourth-order valence-electron chi connectivity index (χ4n) is 2.85. The molecular weight excluding hydrogens is 308 g/mol. The SMILES string of the molecule is O=C1C(=Cc2cnn(-c3ccccc3)c2)Cc2c(Cl)cccc21. The molecule has 0 aliphatic heterocycles. The summed E-state index contributed by atoms with van der Waals surface area (Å²) >= 11 is 6.19. The molecule has 0 bridgehead atoms. The number of rotatable bonds is 2. The van der Waals surface area contributed by atoms with Crippen LogP contribution >= 0.6 is 11.6 Å². The van der Waals surface area contributed by atoms with Gasteiger partial charge in [0.2, 0.25) is 0 Å². The molecule has 0 radical (unpaired) electrons. The van der Waals surface area contributed by atoms with Crippen molar-refractivity contribution in [1.82, 2.24) is 9.78 Å². The van der Waals surface area contributed by atoms with Gasteiger partial charge in [0, 0.05) is 34.3 Å². The van der Waals surface area contributed by atoms with Crippen LogP contribution in [0, 0.1) is 0 Å². The Bertz CT molecular complexity index is 926. The van der Waals surface area contributed by atoms with Gasteiger partial charge in [0.05, 0.1) is 11.9 Å². The zero-order valence-electron chi connectivity index (χ0n) is 12.2. The number of allylic oxidation sites excluding steroid dienone is 1. The Hall–Kier alpha value is -2.65. The molecule has 1 aliphatic carbocycles. The molecule has 4 rings (SSSR count). The van der Waals surface area contributed by atoms with Gasteiger partial charge >= 0.3 is 0 Å². The third-order valence-corrected chi connectivity index (χ3v) is 4.34. The van der Waals surface area contributed by atoms with E-state index in [1.165, 1.54) is 0 Å². The average molecular weight is 321 g/mol. The molecule has 1 aliphatic rings. The van der Waals surface area contributed by atoms with Gasteiger partial charge in [-0.25, -0.2) is 4.68 Å². The molecule has 0 spiro atoms. The van der Waals surface area contributed by atoms with E-state index in [2.05, 4.69) is 5.10 Å². The lowest BCUT2D eigenvalue weighted by atomic mass is 10.1. The number of nitrogens with zero attached hydrogens (tertiary/aromatic N) is 2. The van der Waals surface area contributed by atoms with Crippen LogP contribution in [0.15, 0.2) is 66.5 Å². The fraction of sp³-hybridized carbons (Fsp3) is 0.0526. The lowest BCUT2D eigenvalue weighted by molar-refractivity contribution is 0.104. The molecule has 4 heteroatoms. The predicted octanol–water partition coefficient (Wildman–Crippen LogP) is 4.35. The van der Waals surface area contributed by atoms with E-state index in [4.69, 9.17) is 11.6 Å². The van der Waals surface area contributed by atoms with E-state index in [1.54, 1.807) is 10.9 Å². The third kappa shape index (κ3) is 2.49. The number of hydrogen-bond acceptors (Lipinski definition) is 2. The van der Waals surface area contributed by atoms with Crippen molar-refractivity contribution in [2.45, 2.75) is 6.42 Å². The smallest absolute Gasteiger partial charge is 0.189 e. The van der Waals surface area contributed by atoms with Crippen molar-refractivity contribution < 1.29 is 4.79 Å². The summed E-state index contributed by atoms with van der Waals surface area (Å²) in [7, 11) is 0. The lowest BCUT2D eigenvalue weighted by Crippen LogP contribution is -1.95. The van der Waals surface area contributed by atoms with Gasteiger partial charge in [-0.3, -0.25) is 4.79 Å². The monoisotopic (exact) mass is 320 g/mol. The number of Topliss-reactive ketones (excluding diaryl/α,β-unsaturated/α-hetero) is 1. The molecule has 0 saturated carbocycles. The Balaban J connectivity index is 1.67. The number of carbonyl (C=O) groups excluding carboxylic acids is 1. The van der Waals surface area contributed by atoms with Gasteiger partial charge in [-0.15, -0.1) is 0 Å². The zero-order valence-corrected chi connectivity index (χ0v) is 13.0. The Morgan fingerprint density at radius 3 is 2.70 bits per heavy atom. The van der Waals surface area contributed by atoms with Gasteiger partial charge in [0.15, 0.2) is 5.78 Å². The molecule has 3 aromatic rings. The van der Waals surface area contributed by atoms with Crippen molar-refractivity contribution in [2.24, 2.45) is 0 Å². The van der Waals surface area contributed by atoms with Crippen LogP contribution in [0.5, 0.6) is 0 Å². The maximum Gasteiger partial charge on any atom is 0.189 e. The van der Waals surface area contributed by atoms with E-state index in [-0.39, 0.29) is 5.78 Å². The largest absolute Gasteiger partial charge is 0.289 e. The summed E-state index contributed by atoms with van der Waals surface area (Å²) in [6, 6.07) is 15.3. The van der Waals surface area contributed by atoms with Crippen molar-refractivity contribution in [3.63, 3.8) is 0 Å². The fourth-order valence-corrected chi connectivity index (χ4v) is 3.09. The second-order valence-electron chi connectivity index (χ2n) is 5.50. The molecule has 112 valence electrons. The lowest BCUT2D eigenvalue weighted by Gasteiger charge is -1.98. The third-order valence-electron chi connectivity index (χ3n) is 3.99. The number of ketones is 1. The van der Waals surface area contributed by atoms with E-state index in [0.29, 0.717) is 17.0 Å². The summed E-state index contributed by atoms with van der Waals surface area (Å²) in [6.45, 7) is 0.